The Bertz CT molecular complexity index is 1040. The van der Waals surface area contributed by atoms with Crippen LogP contribution in [0.1, 0.15) is 32.1 Å². The number of nitro benzene ring substituents is 1. The third-order valence-corrected chi connectivity index (χ3v) is 5.86. The number of carbonyl (C=O) groups excluding carboxylic acids is 3. The van der Waals surface area contributed by atoms with E-state index in [0.717, 1.165) is 11.3 Å². The van der Waals surface area contributed by atoms with Crippen LogP contribution in [0.2, 0.25) is 0 Å². The van der Waals surface area contributed by atoms with Gasteiger partial charge in [-0.2, -0.15) is 0 Å². The molecule has 3 amide bonds. The van der Waals surface area contributed by atoms with Gasteiger partial charge in [0.05, 0.1) is 11.0 Å². The van der Waals surface area contributed by atoms with E-state index in [4.69, 9.17) is 10.5 Å². The first-order valence-corrected chi connectivity index (χ1v) is 11.9. The van der Waals surface area contributed by atoms with Gasteiger partial charge in [0.1, 0.15) is 11.8 Å². The molecular formula is C25H31N5O6. The van der Waals surface area contributed by atoms with Crippen LogP contribution >= 0.6 is 0 Å². The van der Waals surface area contributed by atoms with E-state index in [2.05, 4.69) is 10.6 Å². The average Bonchev–Trinajstić information content (AvgIpc) is 3.43. The number of rotatable bonds is 12. The van der Waals surface area contributed by atoms with E-state index in [1.54, 1.807) is 24.3 Å². The smallest absolute Gasteiger partial charge is 0.269 e. The fraction of sp³-hybridized carbons (Fsp3) is 0.400. The summed E-state index contributed by atoms with van der Waals surface area (Å²) in [5, 5.41) is 16.7. The molecule has 2 aromatic carbocycles. The van der Waals surface area contributed by atoms with Crippen molar-refractivity contribution in [1.29, 1.82) is 0 Å². The van der Waals surface area contributed by atoms with Crippen LogP contribution in [0.5, 0.6) is 5.75 Å². The van der Waals surface area contributed by atoms with Crippen LogP contribution in [0.4, 0.5) is 11.4 Å². The highest BCUT2D eigenvalue weighted by Crippen LogP contribution is 2.20. The zero-order chi connectivity index (χ0) is 25.9. The van der Waals surface area contributed by atoms with Gasteiger partial charge < -0.3 is 21.1 Å². The number of amides is 3. The second kappa shape index (κ2) is 13.3. The lowest BCUT2D eigenvalue weighted by atomic mass is 10.0. The van der Waals surface area contributed by atoms with Gasteiger partial charge in [0.25, 0.3) is 11.6 Å². The number of para-hydroxylation sites is 1. The summed E-state index contributed by atoms with van der Waals surface area (Å²) in [6.45, 7) is 0.631. The Labute approximate surface area is 209 Å². The lowest BCUT2D eigenvalue weighted by molar-refractivity contribution is -0.384. The molecular weight excluding hydrogens is 466 g/mol. The minimum Gasteiger partial charge on any atom is -0.484 e. The number of nitrogens with zero attached hydrogens (tertiary/aromatic N) is 2. The third-order valence-electron chi connectivity index (χ3n) is 5.86. The summed E-state index contributed by atoms with van der Waals surface area (Å²) in [4.78, 5) is 51.6. The van der Waals surface area contributed by atoms with Gasteiger partial charge in [-0.05, 0) is 69.5 Å². The Morgan fingerprint density at radius 1 is 1.14 bits per heavy atom. The maximum atomic E-state index is 13.5. The summed E-state index contributed by atoms with van der Waals surface area (Å²) in [6, 6.07) is 12.4. The van der Waals surface area contributed by atoms with Crippen LogP contribution in [0, 0.1) is 10.1 Å². The molecule has 1 saturated heterocycles. The van der Waals surface area contributed by atoms with Crippen molar-refractivity contribution in [3.8, 4) is 5.75 Å². The summed E-state index contributed by atoms with van der Waals surface area (Å²) in [6.07, 6.45) is 2.68. The molecule has 3 rings (SSSR count). The highest BCUT2D eigenvalue weighted by molar-refractivity contribution is 6.05. The van der Waals surface area contributed by atoms with E-state index in [9.17, 15) is 24.5 Å². The van der Waals surface area contributed by atoms with E-state index in [1.165, 1.54) is 24.3 Å². The standard InChI is InChI=1S/C25H31N5O6/c26-15-5-4-10-22(24(32)28-18-11-13-19(14-12-18)30(34)35)29(25(33)21-9-6-16-27-21)23(31)17-36-20-7-2-1-3-8-20/h1-3,7-8,11-14,21-22,27H,4-6,9-10,15-17,26H2,(H,28,32)/t21-,22-/m0/s1. The molecule has 0 unspecified atom stereocenters. The minimum absolute atomic E-state index is 0.121. The summed E-state index contributed by atoms with van der Waals surface area (Å²) in [5.74, 6) is -1.22. The van der Waals surface area contributed by atoms with E-state index < -0.39 is 41.3 Å². The number of unbranched alkanes of at least 4 members (excludes halogenated alkanes) is 1. The van der Waals surface area contributed by atoms with Gasteiger partial charge in [-0.15, -0.1) is 0 Å². The van der Waals surface area contributed by atoms with Crippen molar-refractivity contribution in [2.24, 2.45) is 5.73 Å². The second-order valence-corrected chi connectivity index (χ2v) is 8.45. The number of carbonyl (C=O) groups is 3. The number of hydrogen-bond donors (Lipinski definition) is 3. The number of hydrogen-bond acceptors (Lipinski definition) is 8. The van der Waals surface area contributed by atoms with Crippen molar-refractivity contribution in [1.82, 2.24) is 10.2 Å². The van der Waals surface area contributed by atoms with E-state index in [0.29, 0.717) is 43.8 Å². The molecule has 36 heavy (non-hydrogen) atoms. The Morgan fingerprint density at radius 2 is 1.86 bits per heavy atom. The largest absolute Gasteiger partial charge is 0.484 e. The molecule has 4 N–H and O–H groups in total. The highest BCUT2D eigenvalue weighted by Gasteiger charge is 2.38. The molecule has 2 atom stereocenters. The van der Waals surface area contributed by atoms with Crippen molar-refractivity contribution in [2.75, 3.05) is 25.0 Å². The number of nitrogens with one attached hydrogen (secondary N) is 2. The van der Waals surface area contributed by atoms with E-state index in [1.807, 2.05) is 6.07 Å². The molecule has 0 saturated carbocycles. The highest BCUT2D eigenvalue weighted by atomic mass is 16.6. The summed E-state index contributed by atoms with van der Waals surface area (Å²) in [7, 11) is 0. The quantitative estimate of drug-likeness (QED) is 0.229. The monoisotopic (exact) mass is 497 g/mol. The molecule has 2 aromatic rings. The van der Waals surface area contributed by atoms with Gasteiger partial charge >= 0.3 is 0 Å². The zero-order valence-corrected chi connectivity index (χ0v) is 19.9. The third kappa shape index (κ3) is 7.33. The maximum absolute atomic E-state index is 13.5. The molecule has 1 aliphatic heterocycles. The molecule has 0 aromatic heterocycles. The predicted molar refractivity (Wildman–Crippen MR) is 133 cm³/mol. The SMILES string of the molecule is NCCCC[C@@H](C(=O)Nc1ccc([N+](=O)[O-])cc1)N(C(=O)COc1ccccc1)C(=O)[C@@H]1CCCN1. The first-order valence-electron chi connectivity index (χ1n) is 11.9. The van der Waals surface area contributed by atoms with Crippen molar-refractivity contribution in [2.45, 2.75) is 44.2 Å². The van der Waals surface area contributed by atoms with Crippen LogP contribution in [0.15, 0.2) is 54.6 Å². The zero-order valence-electron chi connectivity index (χ0n) is 19.9. The van der Waals surface area contributed by atoms with Crippen molar-refractivity contribution >= 4 is 29.1 Å². The number of non-ortho nitro benzene ring substituents is 1. The van der Waals surface area contributed by atoms with Crippen molar-refractivity contribution in [3.63, 3.8) is 0 Å². The topological polar surface area (TPSA) is 157 Å². The van der Waals surface area contributed by atoms with Crippen LogP contribution in [0.3, 0.4) is 0 Å². The molecule has 1 heterocycles. The molecule has 0 radical (unpaired) electrons. The number of nitrogens with two attached hydrogens (primary N) is 1. The molecule has 11 heteroatoms. The van der Waals surface area contributed by atoms with Crippen LogP contribution < -0.4 is 21.1 Å². The Morgan fingerprint density at radius 3 is 2.47 bits per heavy atom. The lowest BCUT2D eigenvalue weighted by Gasteiger charge is -2.31. The summed E-state index contributed by atoms with van der Waals surface area (Å²) < 4.78 is 5.59. The fourth-order valence-corrected chi connectivity index (χ4v) is 4.00. The molecule has 0 bridgehead atoms. The fourth-order valence-electron chi connectivity index (χ4n) is 4.00. The number of imide groups is 1. The minimum atomic E-state index is -1.10. The van der Waals surface area contributed by atoms with Gasteiger partial charge in [-0.3, -0.25) is 29.4 Å². The molecule has 192 valence electrons. The molecule has 1 aliphatic rings. The first-order chi connectivity index (χ1) is 17.4. The Kier molecular flexibility index (Phi) is 9.90. The van der Waals surface area contributed by atoms with Crippen molar-refractivity contribution in [3.05, 3.63) is 64.7 Å². The maximum Gasteiger partial charge on any atom is 0.269 e. The molecule has 0 aliphatic carbocycles. The number of benzene rings is 2. The average molecular weight is 498 g/mol. The van der Waals surface area contributed by atoms with Crippen LogP contribution in [-0.4, -0.2) is 59.3 Å². The van der Waals surface area contributed by atoms with E-state index >= 15 is 0 Å². The van der Waals surface area contributed by atoms with Crippen LogP contribution in [-0.2, 0) is 14.4 Å². The van der Waals surface area contributed by atoms with E-state index in [-0.39, 0.29) is 12.1 Å². The molecule has 0 spiro atoms. The second-order valence-electron chi connectivity index (χ2n) is 8.45. The van der Waals surface area contributed by atoms with Crippen molar-refractivity contribution < 1.29 is 24.0 Å². The van der Waals surface area contributed by atoms with Gasteiger partial charge in [0.2, 0.25) is 11.8 Å². The lowest BCUT2D eigenvalue weighted by Crippen LogP contribution is -2.56. The van der Waals surface area contributed by atoms with Gasteiger partial charge in [-0.25, -0.2) is 0 Å². The van der Waals surface area contributed by atoms with Gasteiger partial charge in [0, 0.05) is 17.8 Å². The van der Waals surface area contributed by atoms with Crippen LogP contribution in [0.25, 0.3) is 0 Å². The Hall–Kier alpha value is -3.83. The number of anilines is 1. The summed E-state index contributed by atoms with van der Waals surface area (Å²) in [5.41, 5.74) is 5.82. The molecule has 11 nitrogen and oxygen atoms in total. The normalized spacial score (nSPS) is 15.6. The number of nitro groups is 1. The predicted octanol–water partition coefficient (Wildman–Crippen LogP) is 2.22. The number of ether oxygens (including phenoxy) is 1. The first kappa shape index (κ1) is 26.8. The Balaban J connectivity index is 1.84. The molecule has 1 fully saturated rings. The van der Waals surface area contributed by atoms with Gasteiger partial charge in [-0.1, -0.05) is 18.2 Å². The van der Waals surface area contributed by atoms with Gasteiger partial charge in [0.15, 0.2) is 6.61 Å². The summed E-state index contributed by atoms with van der Waals surface area (Å²) >= 11 is 0.